The van der Waals surface area contributed by atoms with E-state index in [9.17, 15) is 4.79 Å². The maximum atomic E-state index is 11.7. The average Bonchev–Trinajstić information content (AvgIpc) is 2.77. The zero-order chi connectivity index (χ0) is 13.7. The van der Waals surface area contributed by atoms with Crippen molar-refractivity contribution >= 4 is 11.9 Å². The Morgan fingerprint density at radius 3 is 2.56 bits per heavy atom. The summed E-state index contributed by atoms with van der Waals surface area (Å²) >= 11 is 0. The fraction of sp³-hybridized carbons (Fsp3) is 0.727. The summed E-state index contributed by atoms with van der Waals surface area (Å²) in [5.74, 6) is 0.368. The van der Waals surface area contributed by atoms with E-state index in [-0.39, 0.29) is 18.5 Å². The van der Waals surface area contributed by atoms with Gasteiger partial charge in [0.25, 0.3) is 0 Å². The molecule has 1 aromatic rings. The third-order valence-corrected chi connectivity index (χ3v) is 2.41. The fourth-order valence-corrected chi connectivity index (χ4v) is 1.36. The highest BCUT2D eigenvalue weighted by atomic mass is 16.4. The molecule has 1 unspecified atom stereocenters. The van der Waals surface area contributed by atoms with Gasteiger partial charge in [0.05, 0.1) is 6.04 Å². The highest BCUT2D eigenvalue weighted by Gasteiger charge is 2.19. The Morgan fingerprint density at radius 1 is 1.44 bits per heavy atom. The smallest absolute Gasteiger partial charge is 0.318 e. The highest BCUT2D eigenvalue weighted by Crippen LogP contribution is 2.16. The zero-order valence-electron chi connectivity index (χ0n) is 11.4. The molecule has 0 aromatic carbocycles. The second kappa shape index (κ2) is 6.34. The van der Waals surface area contributed by atoms with Gasteiger partial charge in [0.15, 0.2) is 0 Å². The van der Waals surface area contributed by atoms with E-state index in [1.807, 2.05) is 6.92 Å². The molecule has 7 heteroatoms. The number of likely N-dealkylation sites (N-methyl/N-ethyl adjacent to an activating group) is 1. The van der Waals surface area contributed by atoms with Gasteiger partial charge in [0.1, 0.15) is 6.54 Å². The van der Waals surface area contributed by atoms with Crippen molar-refractivity contribution in [3.05, 3.63) is 5.89 Å². The molecule has 2 N–H and O–H groups in total. The van der Waals surface area contributed by atoms with Crippen molar-refractivity contribution in [3.63, 3.8) is 0 Å². The molecule has 1 amide bonds. The topological polar surface area (TPSA) is 88.5 Å². The van der Waals surface area contributed by atoms with Crippen molar-refractivity contribution in [3.8, 4) is 0 Å². The molecule has 0 aliphatic rings. The summed E-state index contributed by atoms with van der Waals surface area (Å²) in [6, 6.07) is 0.0404. The maximum Gasteiger partial charge on any atom is 0.318 e. The first-order chi connectivity index (χ1) is 8.45. The minimum atomic E-state index is -0.306. The van der Waals surface area contributed by atoms with Crippen molar-refractivity contribution in [2.24, 2.45) is 5.73 Å². The molecule has 102 valence electrons. The normalized spacial score (nSPS) is 12.3. The highest BCUT2D eigenvalue weighted by molar-refractivity contribution is 5.80. The lowest BCUT2D eigenvalue weighted by Gasteiger charge is -2.20. The van der Waals surface area contributed by atoms with Crippen LogP contribution in [0.4, 0.5) is 6.01 Å². The van der Waals surface area contributed by atoms with E-state index in [1.165, 1.54) is 4.90 Å². The molecule has 1 rings (SSSR count). The lowest BCUT2D eigenvalue weighted by Crippen LogP contribution is -2.37. The Hall–Kier alpha value is -1.63. The van der Waals surface area contributed by atoms with E-state index in [1.54, 1.807) is 25.9 Å². The summed E-state index contributed by atoms with van der Waals surface area (Å²) in [5.41, 5.74) is 5.66. The van der Waals surface area contributed by atoms with Gasteiger partial charge in [0, 0.05) is 20.6 Å². The SMILES string of the molecule is CCCN(CC(=O)N(C)C)c1nnc(C(C)N)o1. The van der Waals surface area contributed by atoms with Crippen LogP contribution in [0.25, 0.3) is 0 Å². The van der Waals surface area contributed by atoms with Crippen LogP contribution in [-0.4, -0.2) is 48.2 Å². The van der Waals surface area contributed by atoms with Crippen LogP contribution in [0.2, 0.25) is 0 Å². The van der Waals surface area contributed by atoms with E-state index in [4.69, 9.17) is 10.2 Å². The second-order valence-corrected chi connectivity index (χ2v) is 4.42. The first-order valence-corrected chi connectivity index (χ1v) is 5.99. The molecule has 1 heterocycles. The van der Waals surface area contributed by atoms with Crippen LogP contribution in [0.15, 0.2) is 4.42 Å². The molecule has 7 nitrogen and oxygen atoms in total. The van der Waals surface area contributed by atoms with Gasteiger partial charge >= 0.3 is 6.01 Å². The van der Waals surface area contributed by atoms with Crippen molar-refractivity contribution in [1.29, 1.82) is 0 Å². The molecule has 0 fully saturated rings. The molecular weight excluding hydrogens is 234 g/mol. The largest absolute Gasteiger partial charge is 0.406 e. The van der Waals surface area contributed by atoms with Gasteiger partial charge in [-0.2, -0.15) is 0 Å². The number of nitrogens with zero attached hydrogens (tertiary/aromatic N) is 4. The number of carbonyl (C=O) groups is 1. The average molecular weight is 255 g/mol. The standard InChI is InChI=1S/C11H21N5O2/c1-5-6-16(7-9(17)15(3)4)11-14-13-10(18-11)8(2)12/h8H,5-7,12H2,1-4H3. The minimum Gasteiger partial charge on any atom is -0.406 e. The van der Waals surface area contributed by atoms with Crippen LogP contribution in [-0.2, 0) is 4.79 Å². The first-order valence-electron chi connectivity index (χ1n) is 5.99. The number of anilines is 1. The van der Waals surface area contributed by atoms with Crippen LogP contribution in [0.5, 0.6) is 0 Å². The van der Waals surface area contributed by atoms with Crippen molar-refractivity contribution in [2.45, 2.75) is 26.3 Å². The second-order valence-electron chi connectivity index (χ2n) is 4.42. The van der Waals surface area contributed by atoms with E-state index in [2.05, 4.69) is 10.2 Å². The van der Waals surface area contributed by atoms with E-state index in [0.29, 0.717) is 18.5 Å². The first kappa shape index (κ1) is 14.4. The summed E-state index contributed by atoms with van der Waals surface area (Å²) in [6.07, 6.45) is 0.886. The van der Waals surface area contributed by atoms with Gasteiger partial charge in [-0.05, 0) is 13.3 Å². The number of nitrogens with two attached hydrogens (primary N) is 1. The number of carbonyl (C=O) groups excluding carboxylic acids is 1. The molecule has 0 spiro atoms. The van der Waals surface area contributed by atoms with E-state index < -0.39 is 0 Å². The van der Waals surface area contributed by atoms with Gasteiger partial charge < -0.3 is 20.0 Å². The van der Waals surface area contributed by atoms with Gasteiger partial charge in [-0.15, -0.1) is 5.10 Å². The third-order valence-electron chi connectivity index (χ3n) is 2.41. The summed E-state index contributed by atoms with van der Waals surface area (Å²) in [6.45, 7) is 4.70. The molecule has 0 radical (unpaired) electrons. The molecule has 0 saturated heterocycles. The summed E-state index contributed by atoms with van der Waals surface area (Å²) < 4.78 is 5.45. The zero-order valence-corrected chi connectivity index (χ0v) is 11.4. The Bertz CT molecular complexity index is 389. The van der Waals surface area contributed by atoms with Gasteiger partial charge in [0.2, 0.25) is 11.8 Å². The van der Waals surface area contributed by atoms with Crippen LogP contribution in [0.1, 0.15) is 32.2 Å². The van der Waals surface area contributed by atoms with E-state index >= 15 is 0 Å². The predicted molar refractivity (Wildman–Crippen MR) is 68.1 cm³/mol. The Balaban J connectivity index is 2.79. The number of aromatic nitrogens is 2. The quantitative estimate of drug-likeness (QED) is 0.791. The van der Waals surface area contributed by atoms with E-state index in [0.717, 1.165) is 6.42 Å². The molecule has 0 bridgehead atoms. The Kier molecular flexibility index (Phi) is 5.08. The van der Waals surface area contributed by atoms with Gasteiger partial charge in [-0.3, -0.25) is 4.79 Å². The van der Waals surface area contributed by atoms with Crippen molar-refractivity contribution in [2.75, 3.05) is 32.1 Å². The van der Waals surface area contributed by atoms with Gasteiger partial charge in [-0.1, -0.05) is 12.0 Å². The minimum absolute atomic E-state index is 0.0102. The Labute approximate surface area is 107 Å². The summed E-state index contributed by atoms with van der Waals surface area (Å²) in [4.78, 5) is 15.0. The number of hydrogen-bond donors (Lipinski definition) is 1. The lowest BCUT2D eigenvalue weighted by atomic mass is 10.4. The third kappa shape index (κ3) is 3.69. The number of hydrogen-bond acceptors (Lipinski definition) is 6. The molecule has 1 aromatic heterocycles. The maximum absolute atomic E-state index is 11.7. The Morgan fingerprint density at radius 2 is 2.11 bits per heavy atom. The van der Waals surface area contributed by atoms with Gasteiger partial charge in [-0.25, -0.2) is 0 Å². The predicted octanol–water partition coefficient (Wildman–Crippen LogP) is 0.394. The fourth-order valence-electron chi connectivity index (χ4n) is 1.36. The molecule has 1 atom stereocenters. The molecule has 0 aliphatic carbocycles. The van der Waals surface area contributed by atoms with Crippen molar-refractivity contribution in [1.82, 2.24) is 15.1 Å². The van der Waals surface area contributed by atoms with Crippen LogP contribution in [0, 0.1) is 0 Å². The molecular formula is C11H21N5O2. The van der Waals surface area contributed by atoms with Crippen LogP contribution < -0.4 is 10.6 Å². The van der Waals surface area contributed by atoms with Crippen LogP contribution >= 0.6 is 0 Å². The lowest BCUT2D eigenvalue weighted by molar-refractivity contribution is -0.127. The monoisotopic (exact) mass is 255 g/mol. The summed E-state index contributed by atoms with van der Waals surface area (Å²) in [7, 11) is 3.43. The molecule has 18 heavy (non-hydrogen) atoms. The molecule has 0 aliphatic heterocycles. The molecule has 0 saturated carbocycles. The number of amides is 1. The number of rotatable bonds is 6. The summed E-state index contributed by atoms with van der Waals surface area (Å²) in [5, 5.41) is 7.79. The van der Waals surface area contributed by atoms with Crippen molar-refractivity contribution < 1.29 is 9.21 Å². The van der Waals surface area contributed by atoms with Crippen LogP contribution in [0.3, 0.4) is 0 Å².